The Morgan fingerprint density at radius 2 is 1.56 bits per heavy atom. The van der Waals surface area contributed by atoms with Crippen molar-refractivity contribution in [3.05, 3.63) is 122 Å². The minimum absolute atomic E-state index is 0.382. The predicted molar refractivity (Wildman–Crippen MR) is 148 cm³/mol. The maximum atomic E-state index is 6.20. The summed E-state index contributed by atoms with van der Waals surface area (Å²) in [4.78, 5) is 7.46. The molecule has 0 spiro atoms. The van der Waals surface area contributed by atoms with Crippen molar-refractivity contribution >= 4 is 63.4 Å². The number of aromatic amines is 1. The highest BCUT2D eigenvalue weighted by molar-refractivity contribution is 14.1. The van der Waals surface area contributed by atoms with Gasteiger partial charge in [0, 0.05) is 21.9 Å². The van der Waals surface area contributed by atoms with Gasteiger partial charge >= 0.3 is 0 Å². The topological polar surface area (TPSA) is 28.7 Å². The lowest BCUT2D eigenvalue weighted by molar-refractivity contribution is 1.02. The summed E-state index contributed by atoms with van der Waals surface area (Å²) in [6.45, 7) is 2.37. The van der Waals surface area contributed by atoms with Crippen LogP contribution in [-0.4, -0.2) is 16.7 Å². The number of H-pyrrole nitrogens is 1. The average molecular weight is 573 g/mol. The van der Waals surface area contributed by atoms with E-state index in [1.165, 1.54) is 10.9 Å². The highest BCUT2D eigenvalue weighted by Gasteiger charge is 2.16. The standard InChI is InChI=1S/C15H14BCl.C11H10ClIN2/c17-13-7-12-16(14-8-3-1-4-9-14)15-10-5-2-6-11-15;1-7-6-14-10(15-7)5-8-3-2-4-9(13)11(8)12/h1-11,13H,12H2;2-4,6H,5H2,1H3,(H,14,15). The first-order valence-corrected chi connectivity index (χ1v) is 12.3. The van der Waals surface area contributed by atoms with Gasteiger partial charge < -0.3 is 4.98 Å². The predicted octanol–water partition coefficient (Wildman–Crippen LogP) is 6.62. The van der Waals surface area contributed by atoms with Crippen LogP contribution in [0, 0.1) is 10.5 Å². The lowest BCUT2D eigenvalue weighted by atomic mass is 9.39. The molecule has 1 N–H and O–H groups in total. The number of nitrogens with one attached hydrogen (secondary N) is 1. The van der Waals surface area contributed by atoms with Gasteiger partial charge in [0.05, 0.1) is 5.02 Å². The normalized spacial score (nSPS) is 10.6. The van der Waals surface area contributed by atoms with Crippen molar-refractivity contribution < 1.29 is 0 Å². The molecule has 1 aromatic heterocycles. The quantitative estimate of drug-likeness (QED) is 0.204. The molecule has 0 bridgehead atoms. The van der Waals surface area contributed by atoms with Crippen LogP contribution in [0.15, 0.2) is 96.7 Å². The zero-order valence-corrected chi connectivity index (χ0v) is 21.5. The largest absolute Gasteiger partial charge is 0.346 e. The van der Waals surface area contributed by atoms with Gasteiger partial charge in [-0.15, -0.1) is 0 Å². The van der Waals surface area contributed by atoms with Crippen molar-refractivity contribution in [2.45, 2.75) is 19.7 Å². The van der Waals surface area contributed by atoms with Gasteiger partial charge in [0.2, 0.25) is 6.71 Å². The van der Waals surface area contributed by atoms with Crippen LogP contribution < -0.4 is 10.9 Å². The average Bonchev–Trinajstić information content (AvgIpc) is 3.24. The molecule has 0 aliphatic carbocycles. The maximum Gasteiger partial charge on any atom is 0.213 e. The number of rotatable bonds is 6. The van der Waals surface area contributed by atoms with Crippen molar-refractivity contribution in [3.63, 3.8) is 0 Å². The number of hydrogen-bond donors (Lipinski definition) is 1. The van der Waals surface area contributed by atoms with Crippen LogP contribution in [0.3, 0.4) is 0 Å². The third-order valence-corrected chi connectivity index (χ3v) is 6.85. The molecule has 162 valence electrons. The summed E-state index contributed by atoms with van der Waals surface area (Å²) >= 11 is 14.1. The van der Waals surface area contributed by atoms with Gasteiger partial charge in [-0.3, -0.25) is 0 Å². The molecule has 3 aromatic carbocycles. The lowest BCUT2D eigenvalue weighted by Crippen LogP contribution is -2.41. The summed E-state index contributed by atoms with van der Waals surface area (Å²) < 4.78 is 1.08. The fourth-order valence-electron chi connectivity index (χ4n) is 3.44. The number of hydrogen-bond acceptors (Lipinski definition) is 1. The second-order valence-corrected chi connectivity index (χ2v) is 9.17. The third kappa shape index (κ3) is 7.26. The van der Waals surface area contributed by atoms with Crippen molar-refractivity contribution in [2.75, 3.05) is 0 Å². The molecule has 4 aromatic rings. The minimum Gasteiger partial charge on any atom is -0.346 e. The summed E-state index contributed by atoms with van der Waals surface area (Å²) in [5.41, 5.74) is 6.44. The Hall–Kier alpha value is -2.02. The Balaban J connectivity index is 0.000000182. The monoisotopic (exact) mass is 572 g/mol. The molecule has 0 unspecified atom stereocenters. The molecule has 4 rings (SSSR count). The second kappa shape index (κ2) is 12.9. The molecule has 0 aliphatic heterocycles. The minimum atomic E-state index is 0.382. The summed E-state index contributed by atoms with van der Waals surface area (Å²) in [5, 5.41) is 0.826. The number of allylic oxidation sites excluding steroid dienone is 1. The molecule has 0 saturated carbocycles. The summed E-state index contributed by atoms with van der Waals surface area (Å²) in [6.07, 6.45) is 5.52. The van der Waals surface area contributed by atoms with E-state index < -0.39 is 0 Å². The Kier molecular flexibility index (Phi) is 9.91. The van der Waals surface area contributed by atoms with Gasteiger partial charge in [0.1, 0.15) is 5.82 Å². The summed E-state index contributed by atoms with van der Waals surface area (Å²) in [5.74, 6) is 0.955. The summed E-state index contributed by atoms with van der Waals surface area (Å²) in [7, 11) is 0. The van der Waals surface area contributed by atoms with Gasteiger partial charge in [-0.25, -0.2) is 4.98 Å². The fourth-order valence-corrected chi connectivity index (χ4v) is 4.29. The SMILES string of the molecule is Cc1cnc(Cc2cccc(I)c2Cl)[nH]1.ClC=CCB(c1ccccc1)c1ccccc1. The van der Waals surface area contributed by atoms with E-state index in [0.29, 0.717) is 6.71 Å². The highest BCUT2D eigenvalue weighted by Crippen LogP contribution is 2.24. The van der Waals surface area contributed by atoms with Crippen LogP contribution in [0.1, 0.15) is 17.1 Å². The fraction of sp³-hybridized carbons (Fsp3) is 0.115. The first-order chi connectivity index (χ1) is 15.6. The van der Waals surface area contributed by atoms with E-state index in [4.69, 9.17) is 23.2 Å². The maximum absolute atomic E-state index is 6.20. The Labute approximate surface area is 214 Å². The zero-order chi connectivity index (χ0) is 22.8. The van der Waals surface area contributed by atoms with Crippen molar-refractivity contribution in [2.24, 2.45) is 0 Å². The number of halogens is 3. The first kappa shape index (κ1) is 24.6. The van der Waals surface area contributed by atoms with Gasteiger partial charge in [0.15, 0.2) is 0 Å². The van der Waals surface area contributed by atoms with E-state index >= 15 is 0 Å². The molecular formula is C26H24BCl2IN2. The Bertz CT molecular complexity index is 1090. The molecule has 0 atom stereocenters. The van der Waals surface area contributed by atoms with Gasteiger partial charge in [-0.2, -0.15) is 0 Å². The molecule has 6 heteroatoms. The smallest absolute Gasteiger partial charge is 0.213 e. The van der Waals surface area contributed by atoms with Crippen molar-refractivity contribution in [3.8, 4) is 0 Å². The molecule has 0 saturated heterocycles. The van der Waals surface area contributed by atoms with E-state index in [0.717, 1.165) is 38.4 Å². The van der Waals surface area contributed by atoms with Crippen LogP contribution in [0.4, 0.5) is 0 Å². The van der Waals surface area contributed by atoms with E-state index in [1.54, 1.807) is 5.54 Å². The number of aryl methyl sites for hydroxylation is 1. The lowest BCUT2D eigenvalue weighted by Gasteiger charge is -2.12. The van der Waals surface area contributed by atoms with Crippen LogP contribution in [0.5, 0.6) is 0 Å². The Morgan fingerprint density at radius 3 is 2.09 bits per heavy atom. The Morgan fingerprint density at radius 1 is 0.938 bits per heavy atom. The second-order valence-electron chi connectivity index (χ2n) is 7.37. The van der Waals surface area contributed by atoms with Crippen LogP contribution in [0.25, 0.3) is 0 Å². The van der Waals surface area contributed by atoms with Crippen LogP contribution in [0.2, 0.25) is 11.3 Å². The highest BCUT2D eigenvalue weighted by atomic mass is 127. The molecule has 0 amide bonds. The molecule has 2 nitrogen and oxygen atoms in total. The van der Waals surface area contributed by atoms with E-state index in [2.05, 4.69) is 81.1 Å². The molecule has 0 fully saturated rings. The molecular weight excluding hydrogens is 549 g/mol. The molecule has 0 radical (unpaired) electrons. The van der Waals surface area contributed by atoms with Crippen LogP contribution in [-0.2, 0) is 6.42 Å². The zero-order valence-electron chi connectivity index (χ0n) is 17.8. The van der Waals surface area contributed by atoms with Gasteiger partial charge in [-0.05, 0) is 53.0 Å². The molecule has 0 aliphatic rings. The number of nitrogens with zero attached hydrogens (tertiary/aromatic N) is 1. The number of imidazole rings is 1. The van der Waals surface area contributed by atoms with Gasteiger partial charge in [0.25, 0.3) is 0 Å². The van der Waals surface area contributed by atoms with Crippen LogP contribution >= 0.6 is 45.8 Å². The number of benzene rings is 3. The molecule has 1 heterocycles. The third-order valence-electron chi connectivity index (χ3n) is 5.01. The van der Waals surface area contributed by atoms with Crippen molar-refractivity contribution in [1.29, 1.82) is 0 Å². The molecule has 32 heavy (non-hydrogen) atoms. The van der Waals surface area contributed by atoms with E-state index in [9.17, 15) is 0 Å². The van der Waals surface area contributed by atoms with E-state index in [1.807, 2.05) is 49.5 Å². The summed E-state index contributed by atoms with van der Waals surface area (Å²) in [6, 6.07) is 27.1. The van der Waals surface area contributed by atoms with Crippen molar-refractivity contribution in [1.82, 2.24) is 9.97 Å². The first-order valence-electron chi connectivity index (χ1n) is 10.4. The van der Waals surface area contributed by atoms with E-state index in [-0.39, 0.29) is 0 Å². The van der Waals surface area contributed by atoms with Gasteiger partial charge in [-0.1, -0.05) is 113 Å². The number of aromatic nitrogens is 2.